The van der Waals surface area contributed by atoms with Crippen molar-refractivity contribution in [3.63, 3.8) is 0 Å². The van der Waals surface area contributed by atoms with Gasteiger partial charge in [-0.1, -0.05) is 25.1 Å². The van der Waals surface area contributed by atoms with Gasteiger partial charge in [0.2, 0.25) is 0 Å². The normalized spacial score (nSPS) is 13.0. The van der Waals surface area contributed by atoms with Gasteiger partial charge in [0.1, 0.15) is 11.3 Å². The van der Waals surface area contributed by atoms with E-state index in [0.29, 0.717) is 17.0 Å². The predicted molar refractivity (Wildman–Crippen MR) is 110 cm³/mol. The third-order valence-corrected chi connectivity index (χ3v) is 4.61. The Morgan fingerprint density at radius 3 is 2.39 bits per heavy atom. The first-order chi connectivity index (χ1) is 13.5. The Bertz CT molecular complexity index is 930. The van der Waals surface area contributed by atoms with E-state index in [0.717, 1.165) is 17.4 Å². The average Bonchev–Trinajstić information content (AvgIpc) is 3.12. The van der Waals surface area contributed by atoms with E-state index in [9.17, 15) is 9.59 Å². The Morgan fingerprint density at radius 1 is 1.00 bits per heavy atom. The van der Waals surface area contributed by atoms with Crippen molar-refractivity contribution >= 4 is 28.6 Å². The molecular weight excluding hydrogens is 354 g/mol. The van der Waals surface area contributed by atoms with E-state index in [1.54, 1.807) is 24.3 Å². The van der Waals surface area contributed by atoms with Crippen LogP contribution in [-0.4, -0.2) is 18.0 Å². The highest BCUT2D eigenvalue weighted by molar-refractivity contribution is 5.95. The van der Waals surface area contributed by atoms with E-state index in [1.807, 2.05) is 51.1 Å². The van der Waals surface area contributed by atoms with Gasteiger partial charge in [0.15, 0.2) is 0 Å². The van der Waals surface area contributed by atoms with Crippen LogP contribution in [-0.2, 0) is 0 Å². The summed E-state index contributed by atoms with van der Waals surface area (Å²) < 4.78 is 5.78. The number of amides is 3. The highest BCUT2D eigenvalue weighted by Gasteiger charge is 2.14. The number of rotatable bonds is 6. The summed E-state index contributed by atoms with van der Waals surface area (Å²) in [5, 5.41) is 9.53. The van der Waals surface area contributed by atoms with Crippen molar-refractivity contribution in [3.05, 3.63) is 65.9 Å². The number of carbonyl (C=O) groups excluding carboxylic acids is 2. The summed E-state index contributed by atoms with van der Waals surface area (Å²) in [6.45, 7) is 5.84. The molecule has 3 amide bonds. The number of carbonyl (C=O) groups is 2. The van der Waals surface area contributed by atoms with Gasteiger partial charge in [-0.05, 0) is 56.7 Å². The summed E-state index contributed by atoms with van der Waals surface area (Å²) in [5.41, 5.74) is 1.95. The topological polar surface area (TPSA) is 83.4 Å². The number of anilines is 1. The Balaban J connectivity index is 1.57. The number of furan rings is 1. The van der Waals surface area contributed by atoms with Crippen LogP contribution in [0.5, 0.6) is 0 Å². The Morgan fingerprint density at radius 2 is 1.71 bits per heavy atom. The first kappa shape index (κ1) is 19.5. The van der Waals surface area contributed by atoms with Crippen LogP contribution in [0.15, 0.2) is 59.0 Å². The van der Waals surface area contributed by atoms with Crippen molar-refractivity contribution in [1.82, 2.24) is 10.6 Å². The molecule has 0 spiro atoms. The molecule has 0 radical (unpaired) electrons. The molecule has 2 aromatic carbocycles. The second-order valence-electron chi connectivity index (χ2n) is 6.87. The molecule has 3 N–H and O–H groups in total. The molecule has 146 valence electrons. The molecule has 2 unspecified atom stereocenters. The van der Waals surface area contributed by atoms with Crippen LogP contribution in [0.1, 0.15) is 49.4 Å². The van der Waals surface area contributed by atoms with Gasteiger partial charge < -0.3 is 20.4 Å². The van der Waals surface area contributed by atoms with Crippen LogP contribution >= 0.6 is 0 Å². The quantitative estimate of drug-likeness (QED) is 0.573. The van der Waals surface area contributed by atoms with Crippen molar-refractivity contribution in [2.24, 2.45) is 0 Å². The number of para-hydroxylation sites is 1. The van der Waals surface area contributed by atoms with Crippen molar-refractivity contribution in [3.8, 4) is 0 Å². The minimum Gasteiger partial charge on any atom is -0.459 e. The molecule has 1 aromatic heterocycles. The maximum atomic E-state index is 12.3. The Hall–Kier alpha value is -3.28. The lowest BCUT2D eigenvalue weighted by Gasteiger charge is -2.13. The largest absolute Gasteiger partial charge is 0.459 e. The number of nitrogens with one attached hydrogen (secondary N) is 3. The smallest absolute Gasteiger partial charge is 0.319 e. The molecular formula is C22H25N3O3. The fraction of sp³-hybridized carbons (Fsp3) is 0.273. The number of benzene rings is 2. The number of hydrogen-bond donors (Lipinski definition) is 3. The van der Waals surface area contributed by atoms with Gasteiger partial charge in [-0.15, -0.1) is 0 Å². The van der Waals surface area contributed by atoms with E-state index in [4.69, 9.17) is 4.42 Å². The predicted octanol–water partition coefficient (Wildman–Crippen LogP) is 4.84. The summed E-state index contributed by atoms with van der Waals surface area (Å²) in [7, 11) is 0. The minimum atomic E-state index is -0.343. The first-order valence-corrected chi connectivity index (χ1v) is 9.43. The molecule has 1 heterocycles. The molecule has 0 fully saturated rings. The van der Waals surface area contributed by atoms with Gasteiger partial charge in [-0.3, -0.25) is 4.79 Å². The maximum absolute atomic E-state index is 12.3. The Kier molecular flexibility index (Phi) is 5.99. The second kappa shape index (κ2) is 8.61. The minimum absolute atomic E-state index is 0.121. The summed E-state index contributed by atoms with van der Waals surface area (Å²) in [6.07, 6.45) is 0.870. The van der Waals surface area contributed by atoms with E-state index in [-0.39, 0.29) is 24.0 Å². The van der Waals surface area contributed by atoms with Gasteiger partial charge in [-0.25, -0.2) is 4.79 Å². The second-order valence-corrected chi connectivity index (χ2v) is 6.87. The molecule has 0 saturated heterocycles. The van der Waals surface area contributed by atoms with Crippen LogP contribution in [0.2, 0.25) is 0 Å². The summed E-state index contributed by atoms with van der Waals surface area (Å²) in [4.78, 5) is 24.4. The standard InChI is InChI=1S/C22H25N3O3/c1-4-14(2)23-21(26)16-9-11-18(12-10-16)25-22(27)24-15(3)20-13-17-7-5-6-8-19(17)28-20/h5-15H,4H2,1-3H3,(H,23,26)(H2,24,25,27). The first-order valence-electron chi connectivity index (χ1n) is 9.43. The molecule has 2 atom stereocenters. The van der Waals surface area contributed by atoms with Crippen LogP contribution in [0.3, 0.4) is 0 Å². The van der Waals surface area contributed by atoms with Crippen molar-refractivity contribution in [2.45, 2.75) is 39.3 Å². The fourth-order valence-corrected chi connectivity index (χ4v) is 2.76. The molecule has 0 bridgehead atoms. The molecule has 3 aromatic rings. The van der Waals surface area contributed by atoms with Gasteiger partial charge >= 0.3 is 6.03 Å². The Labute approximate surface area is 164 Å². The van der Waals surface area contributed by atoms with Gasteiger partial charge in [-0.2, -0.15) is 0 Å². The van der Waals surface area contributed by atoms with Gasteiger partial charge in [0.25, 0.3) is 5.91 Å². The van der Waals surface area contributed by atoms with Crippen molar-refractivity contribution in [1.29, 1.82) is 0 Å². The molecule has 6 heteroatoms. The zero-order chi connectivity index (χ0) is 20.1. The van der Waals surface area contributed by atoms with Crippen LogP contribution in [0.4, 0.5) is 10.5 Å². The van der Waals surface area contributed by atoms with Crippen molar-refractivity contribution in [2.75, 3.05) is 5.32 Å². The highest BCUT2D eigenvalue weighted by Crippen LogP contribution is 2.23. The number of fused-ring (bicyclic) bond motifs is 1. The third-order valence-electron chi connectivity index (χ3n) is 4.61. The lowest BCUT2D eigenvalue weighted by atomic mass is 10.1. The average molecular weight is 379 g/mol. The summed E-state index contributed by atoms with van der Waals surface area (Å²) >= 11 is 0. The van der Waals surface area contributed by atoms with E-state index < -0.39 is 0 Å². The SMILES string of the molecule is CCC(C)NC(=O)c1ccc(NC(=O)NC(C)c2cc3ccccc3o2)cc1. The lowest BCUT2D eigenvalue weighted by Crippen LogP contribution is -2.32. The third kappa shape index (κ3) is 4.71. The molecule has 0 aliphatic carbocycles. The number of urea groups is 1. The fourth-order valence-electron chi connectivity index (χ4n) is 2.76. The molecule has 0 saturated carbocycles. The molecule has 0 aliphatic heterocycles. The molecule has 3 rings (SSSR count). The van der Waals surface area contributed by atoms with Crippen LogP contribution in [0, 0.1) is 0 Å². The maximum Gasteiger partial charge on any atom is 0.319 e. The lowest BCUT2D eigenvalue weighted by molar-refractivity contribution is 0.0939. The zero-order valence-corrected chi connectivity index (χ0v) is 16.3. The van der Waals surface area contributed by atoms with E-state index in [1.165, 1.54) is 0 Å². The highest BCUT2D eigenvalue weighted by atomic mass is 16.3. The zero-order valence-electron chi connectivity index (χ0n) is 16.3. The van der Waals surface area contributed by atoms with Crippen LogP contribution < -0.4 is 16.0 Å². The molecule has 0 aliphatic rings. The molecule has 28 heavy (non-hydrogen) atoms. The van der Waals surface area contributed by atoms with Crippen LogP contribution in [0.25, 0.3) is 11.0 Å². The number of hydrogen-bond acceptors (Lipinski definition) is 3. The van der Waals surface area contributed by atoms with Crippen molar-refractivity contribution < 1.29 is 14.0 Å². The summed E-state index contributed by atoms with van der Waals surface area (Å²) in [5.74, 6) is 0.567. The van der Waals surface area contributed by atoms with E-state index in [2.05, 4.69) is 16.0 Å². The molecule has 6 nitrogen and oxygen atoms in total. The van der Waals surface area contributed by atoms with Gasteiger partial charge in [0.05, 0.1) is 6.04 Å². The van der Waals surface area contributed by atoms with Gasteiger partial charge in [0, 0.05) is 22.7 Å². The summed E-state index contributed by atoms with van der Waals surface area (Å²) in [6, 6.07) is 15.9. The monoisotopic (exact) mass is 379 g/mol. The van der Waals surface area contributed by atoms with E-state index >= 15 is 0 Å².